The van der Waals surface area contributed by atoms with Crippen molar-refractivity contribution in [1.82, 2.24) is 9.88 Å². The molecule has 0 bridgehead atoms. The second kappa shape index (κ2) is 4.62. The van der Waals surface area contributed by atoms with Crippen molar-refractivity contribution in [3.8, 4) is 0 Å². The highest BCUT2D eigenvalue weighted by atomic mass is 15.2. The third-order valence-electron chi connectivity index (χ3n) is 2.93. The maximum atomic E-state index is 5.71. The van der Waals surface area contributed by atoms with Crippen LogP contribution in [0.5, 0.6) is 0 Å². The van der Waals surface area contributed by atoms with Crippen molar-refractivity contribution in [2.45, 2.75) is 25.8 Å². The number of hydrogen-bond acceptors (Lipinski definition) is 2. The third kappa shape index (κ3) is 2.86. The van der Waals surface area contributed by atoms with Crippen LogP contribution >= 0.6 is 0 Å². The number of likely N-dealkylation sites (N-methyl/N-ethyl adjacent to an activating group) is 1. The summed E-state index contributed by atoms with van der Waals surface area (Å²) in [7, 11) is 2.12. The minimum absolute atomic E-state index is 0.0936. The van der Waals surface area contributed by atoms with Crippen molar-refractivity contribution in [3.63, 3.8) is 0 Å². The van der Waals surface area contributed by atoms with Gasteiger partial charge in [-0.3, -0.25) is 4.90 Å². The van der Waals surface area contributed by atoms with Gasteiger partial charge in [0.1, 0.15) is 0 Å². The van der Waals surface area contributed by atoms with Gasteiger partial charge in [0.25, 0.3) is 0 Å². The van der Waals surface area contributed by atoms with E-state index >= 15 is 0 Å². The summed E-state index contributed by atoms with van der Waals surface area (Å²) >= 11 is 0. The Kier molecular flexibility index (Phi) is 3.72. The number of aromatic amines is 1. The Labute approximate surface area is 86.3 Å². The molecule has 0 unspecified atom stereocenters. The topological polar surface area (TPSA) is 45.0 Å². The lowest BCUT2D eigenvalue weighted by Gasteiger charge is -2.34. The summed E-state index contributed by atoms with van der Waals surface area (Å²) in [5.74, 6) is 0. The van der Waals surface area contributed by atoms with Crippen LogP contribution < -0.4 is 5.73 Å². The van der Waals surface area contributed by atoms with Crippen molar-refractivity contribution in [1.29, 1.82) is 0 Å². The van der Waals surface area contributed by atoms with Crippen LogP contribution in [-0.4, -0.2) is 35.6 Å². The molecule has 0 atom stereocenters. The first-order chi connectivity index (χ1) is 6.56. The van der Waals surface area contributed by atoms with Gasteiger partial charge in [-0.2, -0.15) is 0 Å². The fourth-order valence-electron chi connectivity index (χ4n) is 1.27. The summed E-state index contributed by atoms with van der Waals surface area (Å²) in [5.41, 5.74) is 7.15. The van der Waals surface area contributed by atoms with Crippen LogP contribution in [0.3, 0.4) is 0 Å². The molecule has 3 heteroatoms. The van der Waals surface area contributed by atoms with Gasteiger partial charge in [-0.15, -0.1) is 0 Å². The van der Waals surface area contributed by atoms with Crippen LogP contribution in [0.2, 0.25) is 0 Å². The van der Waals surface area contributed by atoms with Gasteiger partial charge in [-0.25, -0.2) is 0 Å². The largest absolute Gasteiger partial charge is 0.367 e. The van der Waals surface area contributed by atoms with E-state index < -0.39 is 0 Å². The van der Waals surface area contributed by atoms with Gasteiger partial charge in [0, 0.05) is 31.0 Å². The fraction of sp³-hybridized carbons (Fsp3) is 0.636. The van der Waals surface area contributed by atoms with E-state index in [1.54, 1.807) is 0 Å². The first-order valence-electron chi connectivity index (χ1n) is 5.09. The molecule has 1 aromatic heterocycles. The Bertz CT molecular complexity index is 252. The number of rotatable bonds is 5. The number of hydrogen-bond donors (Lipinski definition) is 2. The molecule has 3 N–H and O–H groups in total. The number of nitrogens with two attached hydrogens (primary N) is 1. The molecule has 3 nitrogen and oxygen atoms in total. The molecule has 0 aliphatic heterocycles. The summed E-state index contributed by atoms with van der Waals surface area (Å²) in [5, 5.41) is 0. The lowest BCUT2D eigenvalue weighted by Crippen LogP contribution is -2.47. The molecule has 1 heterocycles. The molecule has 0 saturated carbocycles. The molecular weight excluding hydrogens is 174 g/mol. The zero-order valence-corrected chi connectivity index (χ0v) is 9.38. The van der Waals surface area contributed by atoms with E-state index in [4.69, 9.17) is 5.73 Å². The molecule has 1 aromatic rings. The summed E-state index contributed by atoms with van der Waals surface area (Å²) in [6, 6.07) is 2.11. The lowest BCUT2D eigenvalue weighted by molar-refractivity contribution is 0.166. The highest BCUT2D eigenvalue weighted by Crippen LogP contribution is 2.10. The zero-order chi connectivity index (χ0) is 10.6. The van der Waals surface area contributed by atoms with Crippen molar-refractivity contribution in [2.75, 3.05) is 20.1 Å². The predicted molar refractivity (Wildman–Crippen MR) is 60.3 cm³/mol. The molecule has 0 radical (unpaired) electrons. The molecule has 0 aliphatic rings. The molecular formula is C11H21N3. The summed E-state index contributed by atoms with van der Waals surface area (Å²) in [6.45, 7) is 6.08. The van der Waals surface area contributed by atoms with E-state index in [2.05, 4.69) is 36.8 Å². The van der Waals surface area contributed by atoms with Gasteiger partial charge in [0.15, 0.2) is 0 Å². The van der Waals surface area contributed by atoms with Gasteiger partial charge in [0.05, 0.1) is 0 Å². The average molecular weight is 195 g/mol. The SMILES string of the molecule is CN(CCc1cc[nH]c1)C(C)(C)CN. The summed E-state index contributed by atoms with van der Waals surface area (Å²) in [6.07, 6.45) is 5.08. The monoisotopic (exact) mass is 195 g/mol. The van der Waals surface area contributed by atoms with E-state index in [0.717, 1.165) is 13.0 Å². The number of H-pyrrole nitrogens is 1. The molecule has 0 aromatic carbocycles. The molecule has 0 aliphatic carbocycles. The van der Waals surface area contributed by atoms with E-state index in [1.165, 1.54) is 5.56 Å². The quantitative estimate of drug-likeness (QED) is 0.742. The maximum absolute atomic E-state index is 5.71. The average Bonchev–Trinajstić information content (AvgIpc) is 2.66. The second-order valence-electron chi connectivity index (χ2n) is 4.41. The molecule has 14 heavy (non-hydrogen) atoms. The van der Waals surface area contributed by atoms with Crippen LogP contribution in [0.1, 0.15) is 19.4 Å². The van der Waals surface area contributed by atoms with Crippen LogP contribution in [0.4, 0.5) is 0 Å². The van der Waals surface area contributed by atoms with E-state index in [1.807, 2.05) is 12.4 Å². The van der Waals surface area contributed by atoms with Crippen molar-refractivity contribution >= 4 is 0 Å². The van der Waals surface area contributed by atoms with Gasteiger partial charge < -0.3 is 10.7 Å². The fourth-order valence-corrected chi connectivity index (χ4v) is 1.27. The van der Waals surface area contributed by atoms with Crippen LogP contribution in [0, 0.1) is 0 Å². The van der Waals surface area contributed by atoms with Crippen molar-refractivity contribution in [3.05, 3.63) is 24.0 Å². The van der Waals surface area contributed by atoms with Gasteiger partial charge in [-0.05, 0) is 38.9 Å². The normalized spacial score (nSPS) is 12.4. The Morgan fingerprint density at radius 1 is 1.50 bits per heavy atom. The van der Waals surface area contributed by atoms with Crippen LogP contribution in [-0.2, 0) is 6.42 Å². The van der Waals surface area contributed by atoms with Gasteiger partial charge >= 0.3 is 0 Å². The maximum Gasteiger partial charge on any atom is 0.0272 e. The van der Waals surface area contributed by atoms with Crippen molar-refractivity contribution < 1.29 is 0 Å². The van der Waals surface area contributed by atoms with E-state index in [0.29, 0.717) is 6.54 Å². The second-order valence-corrected chi connectivity index (χ2v) is 4.41. The summed E-state index contributed by atoms with van der Waals surface area (Å²) < 4.78 is 0. The third-order valence-corrected chi connectivity index (χ3v) is 2.93. The first kappa shape index (κ1) is 11.3. The number of nitrogens with one attached hydrogen (secondary N) is 1. The molecule has 0 spiro atoms. The highest BCUT2D eigenvalue weighted by molar-refractivity contribution is 5.08. The van der Waals surface area contributed by atoms with E-state index in [9.17, 15) is 0 Å². The minimum Gasteiger partial charge on any atom is -0.367 e. The van der Waals surface area contributed by atoms with Gasteiger partial charge in [-0.1, -0.05) is 0 Å². The Morgan fingerprint density at radius 3 is 2.71 bits per heavy atom. The van der Waals surface area contributed by atoms with Crippen molar-refractivity contribution in [2.24, 2.45) is 5.73 Å². The zero-order valence-electron chi connectivity index (χ0n) is 9.38. The molecule has 0 amide bonds. The molecule has 0 saturated heterocycles. The molecule has 80 valence electrons. The van der Waals surface area contributed by atoms with Gasteiger partial charge in [0.2, 0.25) is 0 Å². The lowest BCUT2D eigenvalue weighted by atomic mass is 10.0. The Balaban J connectivity index is 2.38. The highest BCUT2D eigenvalue weighted by Gasteiger charge is 2.20. The Morgan fingerprint density at radius 2 is 2.21 bits per heavy atom. The van der Waals surface area contributed by atoms with E-state index in [-0.39, 0.29) is 5.54 Å². The molecule has 0 fully saturated rings. The smallest absolute Gasteiger partial charge is 0.0272 e. The predicted octanol–water partition coefficient (Wildman–Crippen LogP) is 1.23. The number of nitrogens with zero attached hydrogens (tertiary/aromatic N) is 1. The first-order valence-corrected chi connectivity index (χ1v) is 5.09. The van der Waals surface area contributed by atoms with Crippen LogP contribution in [0.15, 0.2) is 18.5 Å². The molecule has 1 rings (SSSR count). The number of aromatic nitrogens is 1. The summed E-state index contributed by atoms with van der Waals surface area (Å²) in [4.78, 5) is 5.37. The minimum atomic E-state index is 0.0936. The Hall–Kier alpha value is -0.800. The van der Waals surface area contributed by atoms with Crippen LogP contribution in [0.25, 0.3) is 0 Å². The standard InChI is InChI=1S/C11H21N3/c1-11(2,9-12)14(3)7-5-10-4-6-13-8-10/h4,6,8,13H,5,7,9,12H2,1-3H3.